The van der Waals surface area contributed by atoms with Gasteiger partial charge in [-0.3, -0.25) is 16.3 Å². The minimum absolute atomic E-state index is 0.105. The lowest BCUT2D eigenvalue weighted by Crippen LogP contribution is -2.30. The predicted molar refractivity (Wildman–Crippen MR) is 66.6 cm³/mol. The molecule has 1 unspecified atom stereocenters. The lowest BCUT2D eigenvalue weighted by atomic mass is 10.1. The number of nitrogens with one attached hydrogen (secondary N) is 1. The van der Waals surface area contributed by atoms with Crippen LogP contribution in [0, 0.1) is 0 Å². The first-order valence-corrected chi connectivity index (χ1v) is 5.54. The van der Waals surface area contributed by atoms with Crippen LogP contribution >= 0.6 is 0 Å². The lowest BCUT2D eigenvalue weighted by Gasteiger charge is -2.15. The average Bonchev–Trinajstić information content (AvgIpc) is 2.46. The number of pyridine rings is 1. The van der Waals surface area contributed by atoms with E-state index >= 15 is 0 Å². The van der Waals surface area contributed by atoms with Crippen LogP contribution in [0.2, 0.25) is 0 Å². The Morgan fingerprint density at radius 2 is 2.33 bits per heavy atom. The highest BCUT2D eigenvalue weighted by Gasteiger charge is 2.13. The molecule has 1 atom stereocenters. The van der Waals surface area contributed by atoms with Gasteiger partial charge in [-0.05, 0) is 18.1 Å². The van der Waals surface area contributed by atoms with E-state index in [1.807, 2.05) is 18.3 Å². The fourth-order valence-corrected chi connectivity index (χ4v) is 1.66. The van der Waals surface area contributed by atoms with Gasteiger partial charge in [0.25, 0.3) is 0 Å². The number of rotatable bonds is 5. The summed E-state index contributed by atoms with van der Waals surface area (Å²) in [6, 6.07) is 5.55. The van der Waals surface area contributed by atoms with E-state index in [1.165, 1.54) is 6.33 Å². The van der Waals surface area contributed by atoms with Crippen LogP contribution in [0.5, 0.6) is 5.88 Å². The molecule has 2 heterocycles. The first-order chi connectivity index (χ1) is 8.83. The van der Waals surface area contributed by atoms with Crippen LogP contribution in [0.3, 0.4) is 0 Å². The Morgan fingerprint density at radius 1 is 1.44 bits per heavy atom. The number of nitrogens with two attached hydrogens (primary N) is 1. The van der Waals surface area contributed by atoms with Gasteiger partial charge in [0.05, 0.1) is 18.8 Å². The van der Waals surface area contributed by atoms with Gasteiger partial charge in [0, 0.05) is 18.5 Å². The van der Waals surface area contributed by atoms with Crippen LogP contribution in [0.4, 0.5) is 0 Å². The van der Waals surface area contributed by atoms with E-state index in [0.29, 0.717) is 12.3 Å². The van der Waals surface area contributed by atoms with E-state index in [0.717, 1.165) is 11.3 Å². The molecule has 6 heteroatoms. The largest absolute Gasteiger partial charge is 0.481 e. The summed E-state index contributed by atoms with van der Waals surface area (Å²) in [6.07, 6.45) is 5.71. The van der Waals surface area contributed by atoms with Gasteiger partial charge < -0.3 is 4.74 Å². The third-order valence-corrected chi connectivity index (χ3v) is 2.59. The first-order valence-electron chi connectivity index (χ1n) is 5.54. The van der Waals surface area contributed by atoms with Crippen molar-refractivity contribution in [1.29, 1.82) is 0 Å². The number of methoxy groups -OCH3 is 1. The SMILES string of the molecule is COc1cc(C(Cc2cccnc2)NN)ncn1. The molecule has 0 spiro atoms. The maximum atomic E-state index is 5.57. The van der Waals surface area contributed by atoms with Crippen molar-refractivity contribution in [2.75, 3.05) is 7.11 Å². The van der Waals surface area contributed by atoms with Crippen LogP contribution in [0.15, 0.2) is 36.9 Å². The van der Waals surface area contributed by atoms with Crippen LogP contribution < -0.4 is 16.0 Å². The molecule has 6 nitrogen and oxygen atoms in total. The Balaban J connectivity index is 2.17. The van der Waals surface area contributed by atoms with Crippen LogP contribution in [-0.2, 0) is 6.42 Å². The van der Waals surface area contributed by atoms with E-state index in [-0.39, 0.29) is 6.04 Å². The zero-order valence-corrected chi connectivity index (χ0v) is 10.1. The molecule has 3 N–H and O–H groups in total. The third-order valence-electron chi connectivity index (χ3n) is 2.59. The molecule has 0 aromatic carbocycles. The number of aromatic nitrogens is 3. The van der Waals surface area contributed by atoms with Gasteiger partial charge in [0.15, 0.2) is 0 Å². The summed E-state index contributed by atoms with van der Waals surface area (Å²) >= 11 is 0. The number of hydrogen-bond acceptors (Lipinski definition) is 6. The molecule has 0 aliphatic carbocycles. The molecule has 0 fully saturated rings. The smallest absolute Gasteiger partial charge is 0.216 e. The fourth-order valence-electron chi connectivity index (χ4n) is 1.66. The van der Waals surface area contributed by atoms with Gasteiger partial charge >= 0.3 is 0 Å². The monoisotopic (exact) mass is 245 g/mol. The quantitative estimate of drug-likeness (QED) is 0.593. The molecule has 0 saturated heterocycles. The summed E-state index contributed by atoms with van der Waals surface area (Å²) in [7, 11) is 1.57. The zero-order chi connectivity index (χ0) is 12.8. The molecule has 2 aromatic rings. The van der Waals surface area contributed by atoms with E-state index in [9.17, 15) is 0 Å². The van der Waals surface area contributed by atoms with Gasteiger partial charge in [-0.15, -0.1) is 0 Å². The van der Waals surface area contributed by atoms with E-state index in [2.05, 4.69) is 20.4 Å². The minimum atomic E-state index is -0.105. The van der Waals surface area contributed by atoms with Gasteiger partial charge in [0.2, 0.25) is 5.88 Å². The predicted octanol–water partition coefficient (Wildman–Crippen LogP) is 0.627. The molecular formula is C12H15N5O. The van der Waals surface area contributed by atoms with Crippen molar-refractivity contribution in [3.05, 3.63) is 48.2 Å². The van der Waals surface area contributed by atoms with Crippen molar-refractivity contribution >= 4 is 0 Å². The second-order valence-electron chi connectivity index (χ2n) is 3.77. The maximum absolute atomic E-state index is 5.57. The summed E-state index contributed by atoms with van der Waals surface area (Å²) in [6.45, 7) is 0. The normalized spacial score (nSPS) is 12.1. The highest BCUT2D eigenvalue weighted by molar-refractivity contribution is 5.19. The Labute approximate surface area is 105 Å². The molecule has 0 amide bonds. The van der Waals surface area contributed by atoms with E-state index in [4.69, 9.17) is 10.6 Å². The molecular weight excluding hydrogens is 230 g/mol. The molecule has 2 rings (SSSR count). The number of ether oxygens (including phenoxy) is 1. The molecule has 0 saturated carbocycles. The Hall–Kier alpha value is -2.05. The Bertz CT molecular complexity index is 491. The topological polar surface area (TPSA) is 86.0 Å². The lowest BCUT2D eigenvalue weighted by molar-refractivity contribution is 0.393. The Kier molecular flexibility index (Phi) is 4.16. The van der Waals surface area contributed by atoms with E-state index < -0.39 is 0 Å². The highest BCUT2D eigenvalue weighted by atomic mass is 16.5. The van der Waals surface area contributed by atoms with Gasteiger partial charge in [-0.2, -0.15) is 0 Å². The maximum Gasteiger partial charge on any atom is 0.216 e. The van der Waals surface area contributed by atoms with E-state index in [1.54, 1.807) is 19.4 Å². The van der Waals surface area contributed by atoms with Crippen LogP contribution in [0.1, 0.15) is 17.3 Å². The van der Waals surface area contributed by atoms with Gasteiger partial charge in [-0.1, -0.05) is 6.07 Å². The second-order valence-corrected chi connectivity index (χ2v) is 3.77. The van der Waals surface area contributed by atoms with Crippen molar-refractivity contribution < 1.29 is 4.74 Å². The molecule has 18 heavy (non-hydrogen) atoms. The van der Waals surface area contributed by atoms with Gasteiger partial charge in [0.1, 0.15) is 6.33 Å². The van der Waals surface area contributed by atoms with Crippen molar-refractivity contribution in [2.45, 2.75) is 12.5 Å². The Morgan fingerprint density at radius 3 is 3.00 bits per heavy atom. The number of hydrazine groups is 1. The molecule has 2 aromatic heterocycles. The summed E-state index contributed by atoms with van der Waals surface area (Å²) in [5.41, 5.74) is 4.61. The summed E-state index contributed by atoms with van der Waals surface area (Å²) in [5, 5.41) is 0. The molecule has 0 bridgehead atoms. The highest BCUT2D eigenvalue weighted by Crippen LogP contribution is 2.17. The molecule has 0 aliphatic heterocycles. The second kappa shape index (κ2) is 6.04. The summed E-state index contributed by atoms with van der Waals surface area (Å²) < 4.78 is 5.07. The van der Waals surface area contributed by atoms with Crippen LogP contribution in [-0.4, -0.2) is 22.1 Å². The van der Waals surface area contributed by atoms with Crippen molar-refractivity contribution in [3.63, 3.8) is 0 Å². The standard InChI is InChI=1S/C12H15N5O/c1-18-12-6-10(15-8-16-12)11(17-13)5-9-3-2-4-14-7-9/h2-4,6-8,11,17H,5,13H2,1H3. The van der Waals surface area contributed by atoms with Crippen molar-refractivity contribution in [2.24, 2.45) is 5.84 Å². The average molecular weight is 245 g/mol. The number of hydrogen-bond donors (Lipinski definition) is 2. The fraction of sp³-hybridized carbons (Fsp3) is 0.250. The third kappa shape index (κ3) is 2.99. The van der Waals surface area contributed by atoms with Gasteiger partial charge in [-0.25, -0.2) is 9.97 Å². The summed E-state index contributed by atoms with van der Waals surface area (Å²) in [4.78, 5) is 12.2. The molecule has 0 radical (unpaired) electrons. The molecule has 94 valence electrons. The first kappa shape index (κ1) is 12.4. The minimum Gasteiger partial charge on any atom is -0.481 e. The van der Waals surface area contributed by atoms with Crippen LogP contribution in [0.25, 0.3) is 0 Å². The zero-order valence-electron chi connectivity index (χ0n) is 10.1. The molecule has 0 aliphatic rings. The summed E-state index contributed by atoms with van der Waals surface area (Å²) in [5.74, 6) is 6.09. The van der Waals surface area contributed by atoms with Crippen molar-refractivity contribution in [3.8, 4) is 5.88 Å². The van der Waals surface area contributed by atoms with Crippen molar-refractivity contribution in [1.82, 2.24) is 20.4 Å². The number of nitrogens with zero attached hydrogens (tertiary/aromatic N) is 3.